The van der Waals surface area contributed by atoms with Crippen molar-refractivity contribution < 1.29 is 33.3 Å². The lowest BCUT2D eigenvalue weighted by atomic mass is 10.0. The van der Waals surface area contributed by atoms with E-state index in [0.717, 1.165) is 16.9 Å². The third-order valence-corrected chi connectivity index (χ3v) is 5.80. The fourth-order valence-electron chi connectivity index (χ4n) is 4.01. The Balaban J connectivity index is 1.40. The molecule has 176 valence electrons. The molecule has 7 nitrogen and oxygen atoms in total. The minimum atomic E-state index is -0.656. The largest absolute Gasteiger partial charge is 0.496 e. The zero-order chi connectivity index (χ0) is 24.5. The van der Waals surface area contributed by atoms with Crippen molar-refractivity contribution in [2.75, 3.05) is 14.2 Å². The number of hydrogen-bond acceptors (Lipinski definition) is 7. The molecule has 3 aromatic carbocycles. The number of methoxy groups -OCH3 is 2. The van der Waals surface area contributed by atoms with E-state index in [1.807, 2.05) is 37.3 Å². The quantitative estimate of drug-likeness (QED) is 0.286. The molecule has 35 heavy (non-hydrogen) atoms. The van der Waals surface area contributed by atoms with Gasteiger partial charge in [0.2, 0.25) is 5.78 Å². The van der Waals surface area contributed by atoms with Crippen LogP contribution in [0.5, 0.6) is 28.7 Å². The first-order valence-corrected chi connectivity index (χ1v) is 11.0. The molecular weight excluding hydrogens is 448 g/mol. The third kappa shape index (κ3) is 4.12. The van der Waals surface area contributed by atoms with Gasteiger partial charge in [0.1, 0.15) is 40.4 Å². The minimum Gasteiger partial charge on any atom is -0.496 e. The molecule has 2 heterocycles. The highest BCUT2D eigenvalue weighted by Gasteiger charge is 2.30. The Morgan fingerprint density at radius 3 is 2.43 bits per heavy atom. The van der Waals surface area contributed by atoms with Gasteiger partial charge in [-0.3, -0.25) is 4.79 Å². The van der Waals surface area contributed by atoms with Crippen LogP contribution in [0.3, 0.4) is 0 Å². The summed E-state index contributed by atoms with van der Waals surface area (Å²) in [6, 6.07) is 17.3. The number of rotatable bonds is 5. The Bertz CT molecular complexity index is 1380. The molecule has 0 radical (unpaired) electrons. The molecular formula is C28H22O7. The zero-order valence-corrected chi connectivity index (χ0v) is 19.4. The number of hydrogen-bond donors (Lipinski definition) is 0. The van der Waals surface area contributed by atoms with E-state index in [2.05, 4.69) is 0 Å². The van der Waals surface area contributed by atoms with Gasteiger partial charge in [0.05, 0.1) is 19.8 Å². The molecule has 0 spiro atoms. The van der Waals surface area contributed by atoms with Crippen molar-refractivity contribution in [3.05, 3.63) is 94.8 Å². The smallest absolute Gasteiger partial charge is 0.351 e. The molecule has 0 saturated heterocycles. The lowest BCUT2D eigenvalue weighted by molar-refractivity contribution is 0.0727. The van der Waals surface area contributed by atoms with Crippen molar-refractivity contribution in [1.29, 1.82) is 0 Å². The molecule has 0 N–H and O–H groups in total. The molecule has 3 aromatic rings. The number of Topliss-reactive ketones (excluding diaryl/α,β-unsaturated/α-hetero) is 1. The van der Waals surface area contributed by atoms with E-state index >= 15 is 0 Å². The van der Waals surface area contributed by atoms with E-state index < -0.39 is 5.97 Å². The topological polar surface area (TPSA) is 80.3 Å². The lowest BCUT2D eigenvalue weighted by Gasteiger charge is -2.22. The normalized spacial score (nSPS) is 17.0. The standard InChI is InChI=1S/C28H22O7/c1-16-18(13-17-7-4-5-8-21(17)33-16)14-25-27(29)20-12-11-19(15-24(20)35-25)34-28(30)26-22(31-2)9-6-10-23(26)32-3/h4-16H,1-3H3/b25-14-. The summed E-state index contributed by atoms with van der Waals surface area (Å²) in [5.74, 6) is 1.24. The molecule has 2 aliphatic heterocycles. The highest BCUT2D eigenvalue weighted by atomic mass is 16.5. The van der Waals surface area contributed by atoms with Gasteiger partial charge in [0, 0.05) is 11.6 Å². The predicted molar refractivity (Wildman–Crippen MR) is 128 cm³/mol. The summed E-state index contributed by atoms with van der Waals surface area (Å²) >= 11 is 0. The second kappa shape index (κ2) is 9.02. The highest BCUT2D eigenvalue weighted by Crippen LogP contribution is 2.37. The van der Waals surface area contributed by atoms with Crippen molar-refractivity contribution in [1.82, 2.24) is 0 Å². The second-order valence-corrected chi connectivity index (χ2v) is 7.97. The number of allylic oxidation sites excluding steroid dienone is 1. The Hall–Kier alpha value is -4.52. The molecule has 5 rings (SSSR count). The molecule has 0 fully saturated rings. The maximum atomic E-state index is 12.9. The fourth-order valence-corrected chi connectivity index (χ4v) is 4.01. The van der Waals surface area contributed by atoms with Crippen LogP contribution in [0.25, 0.3) is 6.08 Å². The van der Waals surface area contributed by atoms with Gasteiger partial charge in [-0.25, -0.2) is 4.79 Å². The van der Waals surface area contributed by atoms with Gasteiger partial charge in [-0.1, -0.05) is 24.3 Å². The Morgan fingerprint density at radius 2 is 1.69 bits per heavy atom. The van der Waals surface area contributed by atoms with E-state index in [9.17, 15) is 9.59 Å². The van der Waals surface area contributed by atoms with Crippen LogP contribution in [-0.2, 0) is 0 Å². The molecule has 0 bridgehead atoms. The monoisotopic (exact) mass is 470 g/mol. The number of ketones is 1. The van der Waals surface area contributed by atoms with Gasteiger partial charge < -0.3 is 23.7 Å². The molecule has 0 saturated carbocycles. The van der Waals surface area contributed by atoms with Crippen LogP contribution in [-0.4, -0.2) is 32.1 Å². The molecule has 1 atom stereocenters. The van der Waals surface area contributed by atoms with Gasteiger partial charge in [0.15, 0.2) is 5.76 Å². The number of carbonyl (C=O) groups excluding carboxylic acids is 2. The number of benzene rings is 3. The van der Waals surface area contributed by atoms with Crippen LogP contribution in [0.4, 0.5) is 0 Å². The number of para-hydroxylation sites is 1. The zero-order valence-electron chi connectivity index (χ0n) is 19.4. The number of fused-ring (bicyclic) bond motifs is 2. The summed E-state index contributed by atoms with van der Waals surface area (Å²) in [4.78, 5) is 25.8. The maximum Gasteiger partial charge on any atom is 0.351 e. The summed E-state index contributed by atoms with van der Waals surface area (Å²) < 4.78 is 27.9. The molecule has 0 aromatic heterocycles. The molecule has 7 heteroatoms. The van der Waals surface area contributed by atoms with Crippen LogP contribution in [0.1, 0.15) is 33.2 Å². The molecule has 0 amide bonds. The Labute approximate surface area is 202 Å². The van der Waals surface area contributed by atoms with Gasteiger partial charge in [0.25, 0.3) is 0 Å². The summed E-state index contributed by atoms with van der Waals surface area (Å²) in [5.41, 5.74) is 2.29. The van der Waals surface area contributed by atoms with Crippen LogP contribution in [0, 0.1) is 0 Å². The van der Waals surface area contributed by atoms with Gasteiger partial charge >= 0.3 is 5.97 Å². The van der Waals surface area contributed by atoms with Crippen molar-refractivity contribution in [2.24, 2.45) is 0 Å². The van der Waals surface area contributed by atoms with Crippen molar-refractivity contribution >= 4 is 17.8 Å². The van der Waals surface area contributed by atoms with Crippen molar-refractivity contribution in [3.8, 4) is 28.7 Å². The van der Waals surface area contributed by atoms with E-state index in [4.69, 9.17) is 23.7 Å². The van der Waals surface area contributed by atoms with E-state index in [0.29, 0.717) is 22.8 Å². The molecule has 0 aliphatic carbocycles. The molecule has 1 unspecified atom stereocenters. The number of ether oxygens (including phenoxy) is 5. The Morgan fingerprint density at radius 1 is 0.943 bits per heavy atom. The molecule has 2 aliphatic rings. The SMILES string of the molecule is COc1cccc(OC)c1C(=O)Oc1ccc2c(c1)O/C(=C\C1=Cc3ccccc3OC1C)C2=O. The van der Waals surface area contributed by atoms with Crippen LogP contribution < -0.4 is 23.7 Å². The van der Waals surface area contributed by atoms with Crippen LogP contribution in [0.2, 0.25) is 0 Å². The Kier molecular flexibility index (Phi) is 5.74. The maximum absolute atomic E-state index is 12.9. The van der Waals surface area contributed by atoms with Crippen molar-refractivity contribution in [2.45, 2.75) is 13.0 Å². The average molecular weight is 470 g/mol. The van der Waals surface area contributed by atoms with E-state index in [-0.39, 0.29) is 29.0 Å². The van der Waals surface area contributed by atoms with Gasteiger partial charge in [-0.05, 0) is 55.0 Å². The number of esters is 1. The average Bonchev–Trinajstić information content (AvgIpc) is 3.18. The summed E-state index contributed by atoms with van der Waals surface area (Å²) in [7, 11) is 2.92. The fraction of sp³-hybridized carbons (Fsp3) is 0.143. The van der Waals surface area contributed by atoms with Crippen molar-refractivity contribution in [3.63, 3.8) is 0 Å². The summed E-state index contributed by atoms with van der Waals surface area (Å²) in [5, 5.41) is 0. The first-order valence-electron chi connectivity index (χ1n) is 11.0. The number of carbonyl (C=O) groups is 2. The first-order chi connectivity index (χ1) is 17.0. The van der Waals surface area contributed by atoms with Gasteiger partial charge in [-0.15, -0.1) is 0 Å². The predicted octanol–water partition coefficient (Wildman–Crippen LogP) is 5.25. The second-order valence-electron chi connectivity index (χ2n) is 7.97. The minimum absolute atomic E-state index is 0.161. The first kappa shape index (κ1) is 22.3. The summed E-state index contributed by atoms with van der Waals surface area (Å²) in [6.07, 6.45) is 3.42. The van der Waals surface area contributed by atoms with Crippen LogP contribution >= 0.6 is 0 Å². The highest BCUT2D eigenvalue weighted by molar-refractivity contribution is 6.12. The third-order valence-electron chi connectivity index (χ3n) is 5.80. The summed E-state index contributed by atoms with van der Waals surface area (Å²) in [6.45, 7) is 1.91. The van der Waals surface area contributed by atoms with E-state index in [1.54, 1.807) is 36.4 Å². The van der Waals surface area contributed by atoms with Gasteiger partial charge in [-0.2, -0.15) is 0 Å². The lowest BCUT2D eigenvalue weighted by Crippen LogP contribution is -2.18. The van der Waals surface area contributed by atoms with Crippen LogP contribution in [0.15, 0.2) is 78.1 Å². The van der Waals surface area contributed by atoms with E-state index in [1.165, 1.54) is 20.3 Å².